The number of nitrogens with zero attached hydrogens (tertiary/aromatic N) is 1. The van der Waals surface area contributed by atoms with E-state index >= 15 is 0 Å². The molecule has 2 rings (SSSR count). The number of nitrogens with two attached hydrogens (primary N) is 3. The van der Waals surface area contributed by atoms with Crippen LogP contribution in [-0.4, -0.2) is 107 Å². The van der Waals surface area contributed by atoms with Crippen LogP contribution in [0.15, 0.2) is 36.4 Å². The van der Waals surface area contributed by atoms with Crippen molar-refractivity contribution >= 4 is 35.5 Å². The number of aliphatic carboxylic acids is 1. The second kappa shape index (κ2) is 22.4. The van der Waals surface area contributed by atoms with Gasteiger partial charge in [-0.3, -0.25) is 24.0 Å². The number of rotatable bonds is 17. The minimum absolute atomic E-state index is 0.00272. The van der Waals surface area contributed by atoms with E-state index in [2.05, 4.69) is 21.3 Å². The van der Waals surface area contributed by atoms with E-state index in [1.54, 1.807) is 24.3 Å². The van der Waals surface area contributed by atoms with Crippen molar-refractivity contribution in [3.63, 3.8) is 0 Å². The Morgan fingerprint density at radius 1 is 0.865 bits per heavy atom. The average Bonchev–Trinajstić information content (AvgIpc) is 3.10. The van der Waals surface area contributed by atoms with Crippen molar-refractivity contribution in [1.82, 2.24) is 26.2 Å². The first-order valence-electron chi connectivity index (χ1n) is 18.0. The van der Waals surface area contributed by atoms with Crippen molar-refractivity contribution in [2.75, 3.05) is 20.1 Å². The third kappa shape index (κ3) is 14.6. The Balaban J connectivity index is 2.48. The van der Waals surface area contributed by atoms with E-state index in [4.69, 9.17) is 17.2 Å². The Bertz CT molecular complexity index is 1370. The third-order valence-electron chi connectivity index (χ3n) is 8.84. The minimum Gasteiger partial charge on any atom is -0.508 e. The zero-order valence-corrected chi connectivity index (χ0v) is 30.5. The summed E-state index contributed by atoms with van der Waals surface area (Å²) in [6.45, 7) is 4.43. The maximum absolute atomic E-state index is 14.0. The molecule has 0 aliphatic carbocycles. The maximum atomic E-state index is 14.0. The highest BCUT2D eigenvalue weighted by molar-refractivity contribution is 5.96. The molecule has 16 nitrogen and oxygen atoms in total. The molecule has 0 spiro atoms. The minimum atomic E-state index is -1.25. The number of carbonyl (C=O) groups is 6. The van der Waals surface area contributed by atoms with Gasteiger partial charge in [0.2, 0.25) is 29.5 Å². The number of aromatic hydroxyl groups is 1. The molecule has 290 valence electrons. The lowest BCUT2D eigenvalue weighted by molar-refractivity contribution is -0.151. The van der Waals surface area contributed by atoms with Crippen LogP contribution in [-0.2, 0) is 35.2 Å². The summed E-state index contributed by atoms with van der Waals surface area (Å²) >= 11 is 0. The quantitative estimate of drug-likeness (QED) is 0.0746. The van der Waals surface area contributed by atoms with Crippen LogP contribution >= 0.6 is 0 Å². The zero-order valence-electron chi connectivity index (χ0n) is 30.5. The van der Waals surface area contributed by atoms with Crippen LogP contribution in [0.4, 0.5) is 0 Å². The summed E-state index contributed by atoms with van der Waals surface area (Å²) in [5, 5.41) is 30.6. The second-order valence-corrected chi connectivity index (χ2v) is 13.7. The summed E-state index contributed by atoms with van der Waals surface area (Å²) in [5.74, 6) is -4.44. The summed E-state index contributed by atoms with van der Waals surface area (Å²) in [7, 11) is 1.36. The lowest BCUT2D eigenvalue weighted by Crippen LogP contribution is -2.59. The molecule has 1 aromatic carbocycles. The van der Waals surface area contributed by atoms with Gasteiger partial charge < -0.3 is 53.6 Å². The Morgan fingerprint density at radius 2 is 1.40 bits per heavy atom. The lowest BCUT2D eigenvalue weighted by atomic mass is 9.99. The number of carboxylic acids is 1. The summed E-state index contributed by atoms with van der Waals surface area (Å²) in [6.07, 6.45) is 6.01. The number of benzene rings is 1. The molecule has 0 aromatic heterocycles. The number of unbranched alkanes of at least 4 members (excludes halogenated alkanes) is 2. The molecule has 1 heterocycles. The first-order valence-corrected chi connectivity index (χ1v) is 18.0. The van der Waals surface area contributed by atoms with Crippen LogP contribution in [0.2, 0.25) is 0 Å². The van der Waals surface area contributed by atoms with Crippen molar-refractivity contribution in [2.24, 2.45) is 23.1 Å². The molecule has 0 unspecified atom stereocenters. The Labute approximate surface area is 305 Å². The first-order chi connectivity index (χ1) is 24.7. The molecule has 5 amide bonds. The number of nitrogens with one attached hydrogen (secondary N) is 4. The Hall–Kier alpha value is -4.54. The largest absolute Gasteiger partial charge is 0.508 e. The smallest absolute Gasteiger partial charge is 0.326 e. The van der Waals surface area contributed by atoms with Gasteiger partial charge in [-0.1, -0.05) is 38.1 Å². The third-order valence-corrected chi connectivity index (χ3v) is 8.84. The molecule has 0 radical (unpaired) electrons. The highest BCUT2D eigenvalue weighted by atomic mass is 16.4. The molecule has 12 N–H and O–H groups in total. The predicted octanol–water partition coefficient (Wildman–Crippen LogP) is -0.233. The fourth-order valence-corrected chi connectivity index (χ4v) is 5.77. The Kier molecular flexibility index (Phi) is 18.8. The average molecular weight is 731 g/mol. The topological polar surface area (TPSA) is 272 Å². The fraction of sp³-hybridized carbons (Fsp3) is 0.611. The van der Waals surface area contributed by atoms with E-state index in [0.29, 0.717) is 44.3 Å². The van der Waals surface area contributed by atoms with Crippen LogP contribution in [0, 0.1) is 5.92 Å². The van der Waals surface area contributed by atoms with Crippen LogP contribution in [0.5, 0.6) is 5.75 Å². The number of hydrogen-bond donors (Lipinski definition) is 9. The molecule has 1 aromatic rings. The Morgan fingerprint density at radius 3 is 1.94 bits per heavy atom. The van der Waals surface area contributed by atoms with Crippen LogP contribution in [0.1, 0.15) is 77.2 Å². The van der Waals surface area contributed by atoms with Gasteiger partial charge in [0.1, 0.15) is 36.0 Å². The molecule has 6 atom stereocenters. The van der Waals surface area contributed by atoms with Crippen molar-refractivity contribution in [1.29, 1.82) is 0 Å². The van der Waals surface area contributed by atoms with E-state index in [9.17, 15) is 39.0 Å². The van der Waals surface area contributed by atoms with Gasteiger partial charge in [-0.05, 0) is 94.5 Å². The molecule has 0 saturated heterocycles. The van der Waals surface area contributed by atoms with Crippen LogP contribution < -0.4 is 38.5 Å². The predicted molar refractivity (Wildman–Crippen MR) is 195 cm³/mol. The van der Waals surface area contributed by atoms with E-state index < -0.39 is 71.8 Å². The molecule has 1 aliphatic rings. The molecule has 0 fully saturated rings. The lowest BCUT2D eigenvalue weighted by Gasteiger charge is -2.31. The van der Waals surface area contributed by atoms with E-state index in [0.717, 1.165) is 4.90 Å². The number of hydrogen-bond acceptors (Lipinski definition) is 10. The standard InChI is InChI=1S/C36H58N8O8/c1-22(2)20-30(36(51)52)44(3)35(50)29(21-23-14-16-24(45)17-15-23)43-34(49)27-11-5-4-10-25(39)31(46)40-26(12-6-8-18-37)32(47)42-28(33(48)41-27)13-7-9-19-38/h4-5,14-17,22,25-30,45H,6-13,18-21,37-39H2,1-3H3,(H,40,46)(H,41,48)(H,42,47)(H,43,49)(H,51,52)/b5-4+/t25-,26-,27-,28-,29-,30-/m0/s1. The number of likely N-dealkylation sites (N-methyl/N-ethyl adjacent to an activating group) is 1. The van der Waals surface area contributed by atoms with Gasteiger partial charge in [0.05, 0.1) is 6.04 Å². The number of amides is 5. The number of phenols is 1. The highest BCUT2D eigenvalue weighted by Crippen LogP contribution is 2.16. The van der Waals surface area contributed by atoms with Crippen molar-refractivity contribution in [3.8, 4) is 5.75 Å². The summed E-state index contributed by atoms with van der Waals surface area (Å²) in [6, 6.07) is -0.709. The monoisotopic (exact) mass is 730 g/mol. The van der Waals surface area contributed by atoms with Crippen LogP contribution in [0.25, 0.3) is 0 Å². The van der Waals surface area contributed by atoms with Gasteiger partial charge in [-0.2, -0.15) is 0 Å². The SMILES string of the molecule is CC(C)C[C@@H](C(=O)O)N(C)C(=O)[C@H](Cc1ccc(O)cc1)NC(=O)[C@@H]1C/C=C/C[C@H](N)C(=O)N[C@@H](CCCCN)C(=O)N[C@@H](CCCCN)C(=O)N1. The number of phenolic OH excluding ortho intramolecular Hbond substituents is 1. The van der Waals surface area contributed by atoms with Gasteiger partial charge in [-0.25, -0.2) is 4.79 Å². The van der Waals surface area contributed by atoms with Crippen LogP contribution in [0.3, 0.4) is 0 Å². The summed E-state index contributed by atoms with van der Waals surface area (Å²) < 4.78 is 0. The van der Waals surface area contributed by atoms with Crippen molar-refractivity contribution in [3.05, 3.63) is 42.0 Å². The molecule has 1 aliphatic heterocycles. The van der Waals surface area contributed by atoms with Crippen molar-refractivity contribution < 1.29 is 39.0 Å². The van der Waals surface area contributed by atoms with Gasteiger partial charge in [0.15, 0.2) is 0 Å². The van der Waals surface area contributed by atoms with Gasteiger partial charge in [0.25, 0.3) is 0 Å². The normalized spacial score (nSPS) is 21.9. The number of carbonyl (C=O) groups excluding carboxylic acids is 5. The summed E-state index contributed by atoms with van der Waals surface area (Å²) in [5.41, 5.74) is 18.0. The molecule has 0 saturated carbocycles. The zero-order chi connectivity index (χ0) is 38.8. The van der Waals surface area contributed by atoms with Gasteiger partial charge >= 0.3 is 5.97 Å². The molecular weight excluding hydrogens is 672 g/mol. The molecule has 52 heavy (non-hydrogen) atoms. The number of carboxylic acid groups (broad SMARTS) is 1. The van der Waals surface area contributed by atoms with Crippen molar-refractivity contribution in [2.45, 2.75) is 114 Å². The summed E-state index contributed by atoms with van der Waals surface area (Å²) in [4.78, 5) is 81.4. The van der Waals surface area contributed by atoms with Gasteiger partial charge in [0, 0.05) is 13.5 Å². The first kappa shape index (κ1) is 43.6. The molecule has 16 heteroatoms. The second-order valence-electron chi connectivity index (χ2n) is 13.7. The van der Waals surface area contributed by atoms with Gasteiger partial charge in [-0.15, -0.1) is 0 Å². The van der Waals surface area contributed by atoms with E-state index in [1.807, 2.05) is 13.8 Å². The molecule has 0 bridgehead atoms. The van der Waals surface area contributed by atoms with E-state index in [-0.39, 0.29) is 50.2 Å². The maximum Gasteiger partial charge on any atom is 0.326 e. The van der Waals surface area contributed by atoms with E-state index in [1.165, 1.54) is 19.2 Å². The highest BCUT2D eigenvalue weighted by Gasteiger charge is 2.35. The molecular formula is C36H58N8O8. The fourth-order valence-electron chi connectivity index (χ4n) is 5.77.